The molecule has 0 aliphatic carbocycles. The second kappa shape index (κ2) is 7.40. The van der Waals surface area contributed by atoms with Crippen LogP contribution in [0, 0.1) is 21.7 Å². The summed E-state index contributed by atoms with van der Waals surface area (Å²) in [5.74, 6) is -2.25. The van der Waals surface area contributed by atoms with Gasteiger partial charge in [0.05, 0.1) is 22.9 Å². The van der Waals surface area contributed by atoms with E-state index >= 15 is 0 Å². The van der Waals surface area contributed by atoms with Gasteiger partial charge < -0.3 is 10.4 Å². The summed E-state index contributed by atoms with van der Waals surface area (Å²) in [6, 6.07) is 5.25. The van der Waals surface area contributed by atoms with Gasteiger partial charge in [0.2, 0.25) is 0 Å². The monoisotopic (exact) mass is 373 g/mol. The fourth-order valence-corrected chi connectivity index (χ4v) is 3.10. The third-order valence-corrected chi connectivity index (χ3v) is 4.47. The van der Waals surface area contributed by atoms with E-state index in [-0.39, 0.29) is 24.5 Å². The van der Waals surface area contributed by atoms with Crippen molar-refractivity contribution in [1.29, 1.82) is 0 Å². The number of nitrogens with zero attached hydrogens (tertiary/aromatic N) is 1. The Labute approximate surface area is 141 Å². The number of halogens is 2. The largest absolute Gasteiger partial charge is 0.395 e. The summed E-state index contributed by atoms with van der Waals surface area (Å²) >= 11 is 0. The molecular weight excluding hydrogens is 360 g/mol. The molecule has 2 rings (SSSR count). The molecule has 0 saturated heterocycles. The normalized spacial score (nSPS) is 11.2. The van der Waals surface area contributed by atoms with Gasteiger partial charge in [-0.05, 0) is 18.2 Å². The molecule has 2 aromatic rings. The van der Waals surface area contributed by atoms with Crippen molar-refractivity contribution in [2.75, 3.05) is 23.2 Å². The molecule has 3 N–H and O–H groups in total. The summed E-state index contributed by atoms with van der Waals surface area (Å²) in [4.78, 5) is 9.33. The molecule has 0 aliphatic heterocycles. The van der Waals surface area contributed by atoms with Crippen LogP contribution in [0.4, 0.5) is 25.8 Å². The van der Waals surface area contributed by atoms with Gasteiger partial charge >= 0.3 is 0 Å². The van der Waals surface area contributed by atoms with E-state index in [4.69, 9.17) is 5.11 Å². The number of sulfonamides is 1. The Balaban J connectivity index is 2.45. The molecule has 0 aromatic heterocycles. The molecule has 0 bridgehead atoms. The summed E-state index contributed by atoms with van der Waals surface area (Å²) in [6.07, 6.45) is 0. The van der Waals surface area contributed by atoms with Gasteiger partial charge in [-0.2, -0.15) is 0 Å². The number of nitro groups is 1. The van der Waals surface area contributed by atoms with Crippen LogP contribution in [0.3, 0.4) is 0 Å². The highest BCUT2D eigenvalue weighted by molar-refractivity contribution is 7.92. The molecule has 25 heavy (non-hydrogen) atoms. The average Bonchev–Trinajstić information content (AvgIpc) is 2.52. The van der Waals surface area contributed by atoms with E-state index in [1.165, 1.54) is 6.07 Å². The molecule has 0 atom stereocenters. The Kier molecular flexibility index (Phi) is 5.49. The predicted molar refractivity (Wildman–Crippen MR) is 85.8 cm³/mol. The third kappa shape index (κ3) is 4.39. The van der Waals surface area contributed by atoms with Gasteiger partial charge in [0, 0.05) is 24.7 Å². The lowest BCUT2D eigenvalue weighted by Crippen LogP contribution is -2.17. The quantitative estimate of drug-likeness (QED) is 0.505. The van der Waals surface area contributed by atoms with Crippen LogP contribution < -0.4 is 10.0 Å². The van der Waals surface area contributed by atoms with Crippen molar-refractivity contribution in [2.24, 2.45) is 0 Å². The van der Waals surface area contributed by atoms with Gasteiger partial charge in [0.15, 0.2) is 0 Å². The first kappa shape index (κ1) is 18.5. The zero-order valence-electron chi connectivity index (χ0n) is 12.6. The molecule has 0 spiro atoms. The van der Waals surface area contributed by atoms with E-state index in [0.717, 1.165) is 24.3 Å². The van der Waals surface area contributed by atoms with Crippen LogP contribution >= 0.6 is 0 Å². The zero-order chi connectivity index (χ0) is 18.6. The molecule has 0 amide bonds. The van der Waals surface area contributed by atoms with Gasteiger partial charge in [-0.15, -0.1) is 0 Å². The van der Waals surface area contributed by atoms with Gasteiger partial charge in [-0.1, -0.05) is 0 Å². The van der Waals surface area contributed by atoms with Crippen LogP contribution in [0.25, 0.3) is 0 Å². The summed E-state index contributed by atoms with van der Waals surface area (Å²) in [6.45, 7) is -0.215. The first-order valence-corrected chi connectivity index (χ1v) is 8.34. The maximum absolute atomic E-state index is 13.7. The number of hydrogen-bond acceptors (Lipinski definition) is 6. The van der Waals surface area contributed by atoms with Crippen molar-refractivity contribution in [3.8, 4) is 0 Å². The van der Waals surface area contributed by atoms with Crippen molar-refractivity contribution in [2.45, 2.75) is 4.90 Å². The molecule has 0 saturated carbocycles. The van der Waals surface area contributed by atoms with Crippen molar-refractivity contribution in [3.63, 3.8) is 0 Å². The van der Waals surface area contributed by atoms with Crippen LogP contribution in [0.1, 0.15) is 0 Å². The molecule has 0 fully saturated rings. The van der Waals surface area contributed by atoms with E-state index in [1.807, 2.05) is 4.72 Å². The molecule has 0 radical (unpaired) electrons. The minimum atomic E-state index is -4.47. The zero-order valence-corrected chi connectivity index (χ0v) is 13.4. The topological polar surface area (TPSA) is 122 Å². The van der Waals surface area contributed by atoms with E-state index < -0.39 is 37.2 Å². The lowest BCUT2D eigenvalue weighted by atomic mass is 10.2. The second-order valence-electron chi connectivity index (χ2n) is 4.82. The van der Waals surface area contributed by atoms with E-state index in [9.17, 15) is 27.3 Å². The molecule has 2 aromatic carbocycles. The average molecular weight is 373 g/mol. The van der Waals surface area contributed by atoms with Gasteiger partial charge in [-0.25, -0.2) is 17.2 Å². The number of nitro benzene ring substituents is 1. The van der Waals surface area contributed by atoms with Gasteiger partial charge in [0.25, 0.3) is 15.7 Å². The standard InChI is InChI=1S/C14H13F2N3O5S/c15-9-1-4-14(11(16)7-9)25(23,24)18-13-8-10(19(21)22)2-3-12(13)17-5-6-20/h1-4,7-8,17-18,20H,5-6H2. The number of hydrogen-bond donors (Lipinski definition) is 3. The van der Waals surface area contributed by atoms with Crippen LogP contribution in [0.5, 0.6) is 0 Å². The smallest absolute Gasteiger partial charge is 0.271 e. The Morgan fingerprint density at radius 1 is 1.12 bits per heavy atom. The fraction of sp³-hybridized carbons (Fsp3) is 0.143. The lowest BCUT2D eigenvalue weighted by molar-refractivity contribution is -0.384. The molecule has 0 aliphatic rings. The number of non-ortho nitro benzene ring substituents is 1. The second-order valence-corrected chi connectivity index (χ2v) is 6.47. The fourth-order valence-electron chi connectivity index (χ4n) is 1.97. The van der Waals surface area contributed by atoms with Crippen LogP contribution in [-0.2, 0) is 10.0 Å². The number of aliphatic hydroxyl groups is 1. The maximum atomic E-state index is 13.7. The number of aliphatic hydroxyl groups excluding tert-OH is 1. The Morgan fingerprint density at radius 3 is 2.44 bits per heavy atom. The van der Waals surface area contributed by atoms with Crippen molar-refractivity contribution in [1.82, 2.24) is 0 Å². The minimum absolute atomic E-state index is 0.0530. The van der Waals surface area contributed by atoms with Gasteiger partial charge in [-0.3, -0.25) is 14.8 Å². The van der Waals surface area contributed by atoms with Gasteiger partial charge in [0.1, 0.15) is 16.5 Å². The summed E-state index contributed by atoms with van der Waals surface area (Å²) in [7, 11) is -4.47. The number of nitrogens with one attached hydrogen (secondary N) is 2. The van der Waals surface area contributed by atoms with E-state index in [0.29, 0.717) is 6.07 Å². The molecule has 0 unspecified atom stereocenters. The summed E-state index contributed by atoms with van der Waals surface area (Å²) in [5, 5.41) is 22.4. The molecular formula is C14H13F2N3O5S. The van der Waals surface area contributed by atoms with Crippen molar-refractivity contribution >= 4 is 27.1 Å². The van der Waals surface area contributed by atoms with Crippen molar-refractivity contribution < 1.29 is 27.2 Å². The number of rotatable bonds is 7. The summed E-state index contributed by atoms with van der Waals surface area (Å²) in [5.41, 5.74) is -0.469. The molecule has 8 nitrogen and oxygen atoms in total. The first-order valence-electron chi connectivity index (χ1n) is 6.85. The van der Waals surface area contributed by atoms with E-state index in [1.54, 1.807) is 0 Å². The molecule has 134 valence electrons. The Hall–Kier alpha value is -2.79. The third-order valence-electron chi connectivity index (χ3n) is 3.07. The van der Waals surface area contributed by atoms with E-state index in [2.05, 4.69) is 5.32 Å². The maximum Gasteiger partial charge on any atom is 0.271 e. The molecule has 0 heterocycles. The van der Waals surface area contributed by atoms with Crippen LogP contribution in [0.2, 0.25) is 0 Å². The lowest BCUT2D eigenvalue weighted by Gasteiger charge is -2.14. The Bertz CT molecular complexity index is 905. The highest BCUT2D eigenvalue weighted by Gasteiger charge is 2.22. The van der Waals surface area contributed by atoms with Crippen molar-refractivity contribution in [3.05, 3.63) is 58.1 Å². The summed E-state index contributed by atoms with van der Waals surface area (Å²) < 4.78 is 53.4. The minimum Gasteiger partial charge on any atom is -0.395 e. The van der Waals surface area contributed by atoms with Crippen LogP contribution in [-0.4, -0.2) is 31.6 Å². The Morgan fingerprint density at radius 2 is 1.84 bits per heavy atom. The predicted octanol–water partition coefficient (Wildman–Crippen LogP) is 2.08. The number of anilines is 2. The molecule has 11 heteroatoms. The SMILES string of the molecule is O=[N+]([O-])c1ccc(NCCO)c(NS(=O)(=O)c2ccc(F)cc2F)c1. The first-order chi connectivity index (χ1) is 11.7. The number of benzene rings is 2. The highest BCUT2D eigenvalue weighted by Crippen LogP contribution is 2.29. The van der Waals surface area contributed by atoms with Crippen LogP contribution in [0.15, 0.2) is 41.3 Å². The highest BCUT2D eigenvalue weighted by atomic mass is 32.2.